The number of halogens is 4. The molecule has 1 aromatic heterocycles. The van der Waals surface area contributed by atoms with E-state index in [2.05, 4.69) is 16.7 Å². The van der Waals surface area contributed by atoms with E-state index in [1.807, 2.05) is 0 Å². The van der Waals surface area contributed by atoms with Crippen molar-refractivity contribution in [2.24, 2.45) is 5.10 Å². The molecule has 4 aromatic carbocycles. The number of hydrogen-bond acceptors (Lipinski definition) is 5. The molecule has 0 unspecified atom stereocenters. The standard InChI is InChI=1S/C34H27F4N3O3/c1-3-10-23-17-22(18-30(43-4-2)31(23)44-21-25-11-5-7-15-28(25)35)20-39-41-32(24-12-9-13-26(19-24)34(36,37)38)40-29-16-8-6-14-27(29)33(41)42/h3,5-9,11-20H,1,4,10,21H2,2H3. The summed E-state index contributed by atoms with van der Waals surface area (Å²) in [6.07, 6.45) is -1.15. The number of benzene rings is 4. The van der Waals surface area contributed by atoms with E-state index in [1.165, 1.54) is 24.4 Å². The van der Waals surface area contributed by atoms with Gasteiger partial charge in [0.2, 0.25) is 0 Å². The van der Waals surface area contributed by atoms with Crippen molar-refractivity contribution in [2.45, 2.75) is 26.1 Å². The maximum atomic E-state index is 14.2. The van der Waals surface area contributed by atoms with Crippen LogP contribution in [0, 0.1) is 5.82 Å². The minimum Gasteiger partial charge on any atom is -0.490 e. The first-order valence-corrected chi connectivity index (χ1v) is 13.7. The molecule has 10 heteroatoms. The van der Waals surface area contributed by atoms with Crippen molar-refractivity contribution < 1.29 is 27.0 Å². The minimum absolute atomic E-state index is 0.0389. The molecular weight excluding hydrogens is 574 g/mol. The van der Waals surface area contributed by atoms with Gasteiger partial charge in [0.05, 0.1) is 29.3 Å². The van der Waals surface area contributed by atoms with Crippen molar-refractivity contribution in [1.29, 1.82) is 0 Å². The summed E-state index contributed by atoms with van der Waals surface area (Å²) in [6.45, 7) is 5.88. The van der Waals surface area contributed by atoms with Gasteiger partial charge in [-0.25, -0.2) is 9.37 Å². The lowest BCUT2D eigenvalue weighted by atomic mass is 10.1. The highest BCUT2D eigenvalue weighted by atomic mass is 19.4. The number of para-hydroxylation sites is 1. The lowest BCUT2D eigenvalue weighted by molar-refractivity contribution is -0.137. The van der Waals surface area contributed by atoms with E-state index in [9.17, 15) is 22.4 Å². The van der Waals surface area contributed by atoms with Gasteiger partial charge in [0.15, 0.2) is 17.3 Å². The van der Waals surface area contributed by atoms with E-state index in [0.29, 0.717) is 46.7 Å². The summed E-state index contributed by atoms with van der Waals surface area (Å²) < 4.78 is 67.7. The van der Waals surface area contributed by atoms with Crippen LogP contribution >= 0.6 is 0 Å². The topological polar surface area (TPSA) is 65.7 Å². The molecule has 0 spiro atoms. The van der Waals surface area contributed by atoms with Crippen LogP contribution in [0.2, 0.25) is 0 Å². The minimum atomic E-state index is -4.59. The summed E-state index contributed by atoms with van der Waals surface area (Å²) in [4.78, 5) is 18.1. The molecule has 224 valence electrons. The Morgan fingerprint density at radius 1 is 0.955 bits per heavy atom. The smallest absolute Gasteiger partial charge is 0.416 e. The van der Waals surface area contributed by atoms with E-state index < -0.39 is 23.1 Å². The van der Waals surface area contributed by atoms with Gasteiger partial charge in [0.1, 0.15) is 12.4 Å². The Kier molecular flexibility index (Phi) is 8.89. The summed E-state index contributed by atoms with van der Waals surface area (Å²) >= 11 is 0. The fraction of sp³-hybridized carbons (Fsp3) is 0.147. The third-order valence-electron chi connectivity index (χ3n) is 6.67. The van der Waals surface area contributed by atoms with Crippen LogP contribution in [0.15, 0.2) is 107 Å². The molecule has 1 heterocycles. The molecular formula is C34H27F4N3O3. The lowest BCUT2D eigenvalue weighted by Crippen LogP contribution is -2.20. The first kappa shape index (κ1) is 30.2. The SMILES string of the molecule is C=CCc1cc(C=Nn2c(-c3cccc(C(F)(F)F)c3)nc3ccccc3c2=O)cc(OCC)c1OCc1ccccc1F. The zero-order valence-electron chi connectivity index (χ0n) is 23.6. The highest BCUT2D eigenvalue weighted by Crippen LogP contribution is 2.35. The van der Waals surface area contributed by atoms with Crippen LogP contribution in [0.1, 0.15) is 29.2 Å². The molecule has 5 rings (SSSR count). The van der Waals surface area contributed by atoms with E-state index >= 15 is 0 Å². The monoisotopic (exact) mass is 601 g/mol. The molecule has 0 atom stereocenters. The molecule has 0 bridgehead atoms. The quantitative estimate of drug-likeness (QED) is 0.0931. The van der Waals surface area contributed by atoms with Gasteiger partial charge >= 0.3 is 6.18 Å². The Labute approximate surface area is 250 Å². The summed E-state index contributed by atoms with van der Waals surface area (Å²) in [7, 11) is 0. The van der Waals surface area contributed by atoms with Crippen molar-refractivity contribution in [3.8, 4) is 22.9 Å². The molecule has 0 aliphatic carbocycles. The van der Waals surface area contributed by atoms with Gasteiger partial charge in [-0.2, -0.15) is 22.9 Å². The lowest BCUT2D eigenvalue weighted by Gasteiger charge is -2.17. The van der Waals surface area contributed by atoms with Crippen molar-refractivity contribution in [2.75, 3.05) is 6.61 Å². The molecule has 0 radical (unpaired) electrons. The fourth-order valence-corrected chi connectivity index (χ4v) is 4.63. The largest absolute Gasteiger partial charge is 0.490 e. The molecule has 0 N–H and O–H groups in total. The number of nitrogens with zero attached hydrogens (tertiary/aromatic N) is 3. The maximum Gasteiger partial charge on any atom is 0.416 e. The first-order chi connectivity index (χ1) is 21.2. The molecule has 0 saturated carbocycles. The Hall–Kier alpha value is -5.25. The number of fused-ring (bicyclic) bond motifs is 1. The predicted molar refractivity (Wildman–Crippen MR) is 162 cm³/mol. The Morgan fingerprint density at radius 2 is 1.73 bits per heavy atom. The normalized spacial score (nSPS) is 11.7. The average molecular weight is 602 g/mol. The van der Waals surface area contributed by atoms with Crippen LogP contribution in [0.25, 0.3) is 22.3 Å². The molecule has 0 amide bonds. The summed E-state index contributed by atoms with van der Waals surface area (Å²) in [5.41, 5.74) is 0.508. The molecule has 6 nitrogen and oxygen atoms in total. The number of allylic oxidation sites excluding steroid dienone is 1. The number of rotatable bonds is 10. The van der Waals surface area contributed by atoms with Crippen molar-refractivity contribution in [1.82, 2.24) is 9.66 Å². The van der Waals surface area contributed by atoms with Gasteiger partial charge < -0.3 is 9.47 Å². The van der Waals surface area contributed by atoms with Gasteiger partial charge in [-0.05, 0) is 61.4 Å². The average Bonchev–Trinajstić information content (AvgIpc) is 3.01. The first-order valence-electron chi connectivity index (χ1n) is 13.7. The van der Waals surface area contributed by atoms with Crippen LogP contribution in [-0.4, -0.2) is 22.5 Å². The second kappa shape index (κ2) is 12.9. The van der Waals surface area contributed by atoms with Gasteiger partial charge in [-0.1, -0.05) is 48.5 Å². The van der Waals surface area contributed by atoms with E-state index in [0.717, 1.165) is 16.8 Å². The molecule has 0 saturated heterocycles. The second-order valence-corrected chi connectivity index (χ2v) is 9.71. The van der Waals surface area contributed by atoms with Crippen LogP contribution in [0.3, 0.4) is 0 Å². The van der Waals surface area contributed by atoms with Crippen molar-refractivity contribution in [3.05, 3.63) is 136 Å². The van der Waals surface area contributed by atoms with E-state index in [-0.39, 0.29) is 23.4 Å². The van der Waals surface area contributed by atoms with Crippen LogP contribution in [0.4, 0.5) is 17.6 Å². The summed E-state index contributed by atoms with van der Waals surface area (Å²) in [5.74, 6) is 0.316. The number of hydrogen-bond donors (Lipinski definition) is 0. The van der Waals surface area contributed by atoms with Crippen molar-refractivity contribution in [3.63, 3.8) is 0 Å². The summed E-state index contributed by atoms with van der Waals surface area (Å²) in [6, 6.07) is 20.8. The summed E-state index contributed by atoms with van der Waals surface area (Å²) in [5, 5.41) is 4.64. The highest BCUT2D eigenvalue weighted by molar-refractivity contribution is 5.83. The fourth-order valence-electron chi connectivity index (χ4n) is 4.63. The third-order valence-corrected chi connectivity index (χ3v) is 6.67. The zero-order valence-corrected chi connectivity index (χ0v) is 23.6. The van der Waals surface area contributed by atoms with Gasteiger partial charge in [0.25, 0.3) is 5.56 Å². The number of ether oxygens (including phenoxy) is 2. The van der Waals surface area contributed by atoms with Gasteiger partial charge in [0, 0.05) is 16.7 Å². The number of aromatic nitrogens is 2. The van der Waals surface area contributed by atoms with Crippen LogP contribution in [-0.2, 0) is 19.2 Å². The predicted octanol–water partition coefficient (Wildman–Crippen LogP) is 7.81. The Balaban J connectivity index is 1.61. The van der Waals surface area contributed by atoms with Crippen LogP contribution in [0.5, 0.6) is 11.5 Å². The van der Waals surface area contributed by atoms with Crippen molar-refractivity contribution >= 4 is 17.1 Å². The Morgan fingerprint density at radius 3 is 2.48 bits per heavy atom. The molecule has 0 fully saturated rings. The third kappa shape index (κ3) is 6.54. The molecule has 5 aromatic rings. The van der Waals surface area contributed by atoms with Gasteiger partial charge in [-0.3, -0.25) is 4.79 Å². The molecule has 0 aliphatic heterocycles. The van der Waals surface area contributed by atoms with E-state index in [1.54, 1.807) is 67.6 Å². The van der Waals surface area contributed by atoms with Gasteiger partial charge in [-0.15, -0.1) is 6.58 Å². The highest BCUT2D eigenvalue weighted by Gasteiger charge is 2.31. The molecule has 0 aliphatic rings. The zero-order chi connectivity index (χ0) is 31.3. The van der Waals surface area contributed by atoms with E-state index in [4.69, 9.17) is 9.47 Å². The second-order valence-electron chi connectivity index (χ2n) is 9.71. The van der Waals surface area contributed by atoms with Crippen LogP contribution < -0.4 is 15.0 Å². The number of alkyl halides is 3. The maximum absolute atomic E-state index is 14.2. The Bertz CT molecular complexity index is 1920. The molecule has 44 heavy (non-hydrogen) atoms.